The number of hydrogen-bond acceptors (Lipinski definition) is 5. The quantitative estimate of drug-likeness (QED) is 0.227. The Bertz CT molecular complexity index is 1110. The Labute approximate surface area is 246 Å². The van der Waals surface area contributed by atoms with Crippen LogP contribution in [0.3, 0.4) is 0 Å². The van der Waals surface area contributed by atoms with E-state index in [1.54, 1.807) is 0 Å². The lowest BCUT2D eigenvalue weighted by Crippen LogP contribution is -2.46. The van der Waals surface area contributed by atoms with Crippen LogP contribution in [-0.2, 0) is 14.3 Å². The Kier molecular flexibility index (Phi) is 9.10. The maximum absolute atomic E-state index is 13.6. The second-order valence-electron chi connectivity index (χ2n) is 16.3. The lowest BCUT2D eigenvalue weighted by atomic mass is 9.60. The average Bonchev–Trinajstić information content (AvgIpc) is 3.26. The van der Waals surface area contributed by atoms with Crippen molar-refractivity contribution in [2.24, 2.45) is 23.2 Å². The van der Waals surface area contributed by atoms with Crippen molar-refractivity contribution >= 4 is 18.2 Å². The Balaban J connectivity index is 1.55. The number of fused-ring (bicyclic) bond motifs is 1. The van der Waals surface area contributed by atoms with E-state index in [2.05, 4.69) is 53.8 Å². The molecule has 0 saturated heterocycles. The Hall–Kier alpha value is -0.473. The van der Waals surface area contributed by atoms with Crippen LogP contribution in [-0.4, -0.2) is 55.8 Å². The number of sulfone groups is 1. The molecule has 0 aromatic heterocycles. The van der Waals surface area contributed by atoms with Gasteiger partial charge in [-0.3, -0.25) is 0 Å². The lowest BCUT2D eigenvalue weighted by molar-refractivity contribution is 0.0596. The smallest absolute Gasteiger partial charge is 0.192 e. The standard InChI is InChI=1S/C33H58O5SSi/c1-22(12-10-16-32(5,6)35)27-14-15-28-23(13-11-17-33(27,28)7)18-30-25-19-24(38-40(8,9)31(2,3)4)20-29(34)26(25)21-39(30,36)37/h18,22,24,27-30,34-35H,10-17,19-21H2,1-9H3/b23-18+/t22-,24-,27-,28+,29+,30-,33-/m1/s1. The van der Waals surface area contributed by atoms with E-state index in [1.807, 2.05) is 13.8 Å². The predicted molar refractivity (Wildman–Crippen MR) is 167 cm³/mol. The first kappa shape index (κ1) is 32.4. The monoisotopic (exact) mass is 594 g/mol. The summed E-state index contributed by atoms with van der Waals surface area (Å²) in [5, 5.41) is 20.7. The molecule has 0 aromatic rings. The molecule has 5 nitrogen and oxygen atoms in total. The molecule has 0 spiro atoms. The van der Waals surface area contributed by atoms with E-state index in [9.17, 15) is 18.6 Å². The molecule has 4 aliphatic rings. The molecule has 0 unspecified atom stereocenters. The molecule has 3 aliphatic carbocycles. The van der Waals surface area contributed by atoms with Crippen LogP contribution in [0.2, 0.25) is 18.1 Å². The highest BCUT2D eigenvalue weighted by Gasteiger charge is 2.52. The van der Waals surface area contributed by atoms with Crippen LogP contribution in [0.1, 0.15) is 113 Å². The Morgan fingerprint density at radius 2 is 1.82 bits per heavy atom. The highest BCUT2D eigenvalue weighted by Crippen LogP contribution is 2.60. The third-order valence-electron chi connectivity index (χ3n) is 11.6. The third kappa shape index (κ3) is 6.54. The highest BCUT2D eigenvalue weighted by atomic mass is 32.2. The van der Waals surface area contributed by atoms with Gasteiger partial charge in [-0.15, -0.1) is 0 Å². The highest BCUT2D eigenvalue weighted by molar-refractivity contribution is 7.92. The van der Waals surface area contributed by atoms with Gasteiger partial charge in [0.1, 0.15) is 5.25 Å². The molecular weight excluding hydrogens is 537 g/mol. The van der Waals surface area contributed by atoms with Gasteiger partial charge in [0.2, 0.25) is 0 Å². The van der Waals surface area contributed by atoms with E-state index in [0.717, 1.165) is 49.7 Å². The molecule has 0 radical (unpaired) electrons. The fraction of sp³-hybridized carbons (Fsp3) is 0.879. The van der Waals surface area contributed by atoms with Gasteiger partial charge in [0, 0.05) is 6.42 Å². The third-order valence-corrected chi connectivity index (χ3v) is 18.1. The van der Waals surface area contributed by atoms with Gasteiger partial charge >= 0.3 is 0 Å². The van der Waals surface area contributed by atoms with E-state index in [4.69, 9.17) is 4.43 Å². The molecule has 4 rings (SSSR count). The zero-order valence-electron chi connectivity index (χ0n) is 26.8. The van der Waals surface area contributed by atoms with Crippen LogP contribution in [0.25, 0.3) is 0 Å². The molecule has 1 heterocycles. The van der Waals surface area contributed by atoms with E-state index in [1.165, 1.54) is 18.4 Å². The first-order valence-electron chi connectivity index (χ1n) is 16.0. The van der Waals surface area contributed by atoms with Gasteiger partial charge in [0.25, 0.3) is 0 Å². The van der Waals surface area contributed by atoms with Gasteiger partial charge in [-0.2, -0.15) is 0 Å². The summed E-state index contributed by atoms with van der Waals surface area (Å²) in [4.78, 5) is 0. The summed E-state index contributed by atoms with van der Waals surface area (Å²) >= 11 is 0. The minimum atomic E-state index is -3.38. The fourth-order valence-electron chi connectivity index (χ4n) is 8.43. The Morgan fingerprint density at radius 3 is 2.45 bits per heavy atom. The van der Waals surface area contributed by atoms with Crippen molar-refractivity contribution in [3.63, 3.8) is 0 Å². The molecule has 2 fully saturated rings. The van der Waals surface area contributed by atoms with Crippen molar-refractivity contribution < 1.29 is 23.1 Å². The van der Waals surface area contributed by atoms with Crippen molar-refractivity contribution in [3.05, 3.63) is 22.8 Å². The molecule has 0 bridgehead atoms. The van der Waals surface area contributed by atoms with Crippen molar-refractivity contribution in [1.29, 1.82) is 0 Å². The molecule has 7 atom stereocenters. The number of aliphatic hydroxyl groups excluding tert-OH is 1. The first-order valence-corrected chi connectivity index (χ1v) is 20.6. The number of hydrogen-bond donors (Lipinski definition) is 2. The van der Waals surface area contributed by atoms with Gasteiger partial charge in [-0.25, -0.2) is 8.42 Å². The summed E-state index contributed by atoms with van der Waals surface area (Å²) in [5.41, 5.74) is 2.63. The maximum atomic E-state index is 13.6. The summed E-state index contributed by atoms with van der Waals surface area (Å²) in [6, 6.07) is 0. The molecule has 0 aromatic carbocycles. The van der Waals surface area contributed by atoms with Gasteiger partial charge < -0.3 is 14.6 Å². The van der Waals surface area contributed by atoms with Gasteiger partial charge in [0.15, 0.2) is 18.2 Å². The molecule has 7 heteroatoms. The number of rotatable bonds is 8. The van der Waals surface area contributed by atoms with Gasteiger partial charge in [-0.1, -0.05) is 59.1 Å². The van der Waals surface area contributed by atoms with Crippen LogP contribution in [0.15, 0.2) is 22.8 Å². The van der Waals surface area contributed by atoms with Crippen LogP contribution in [0.4, 0.5) is 0 Å². The van der Waals surface area contributed by atoms with Crippen molar-refractivity contribution in [2.45, 2.75) is 154 Å². The molecular formula is C33H58O5SSi. The zero-order chi connectivity index (χ0) is 29.9. The van der Waals surface area contributed by atoms with E-state index in [-0.39, 0.29) is 22.3 Å². The average molecular weight is 595 g/mol. The van der Waals surface area contributed by atoms with E-state index in [0.29, 0.717) is 30.6 Å². The van der Waals surface area contributed by atoms with Crippen LogP contribution in [0, 0.1) is 23.2 Å². The largest absolute Gasteiger partial charge is 0.414 e. The second kappa shape index (κ2) is 11.2. The molecule has 230 valence electrons. The summed E-state index contributed by atoms with van der Waals surface area (Å²) in [5.74, 6) is 1.67. The van der Waals surface area contributed by atoms with Crippen molar-refractivity contribution in [1.82, 2.24) is 0 Å². The lowest BCUT2D eigenvalue weighted by Gasteiger charge is -2.45. The predicted octanol–water partition coefficient (Wildman–Crippen LogP) is 7.35. The zero-order valence-corrected chi connectivity index (χ0v) is 28.7. The van der Waals surface area contributed by atoms with E-state index >= 15 is 0 Å². The fourth-order valence-corrected chi connectivity index (χ4v) is 11.9. The number of aliphatic hydroxyl groups is 2. The topological polar surface area (TPSA) is 83.8 Å². The number of allylic oxidation sites excluding steroid dienone is 1. The first-order chi connectivity index (χ1) is 18.3. The molecule has 2 N–H and O–H groups in total. The molecule has 40 heavy (non-hydrogen) atoms. The van der Waals surface area contributed by atoms with Gasteiger partial charge in [-0.05, 0) is 111 Å². The minimum absolute atomic E-state index is 0.00639. The minimum Gasteiger partial charge on any atom is -0.414 e. The van der Waals surface area contributed by atoms with Crippen LogP contribution >= 0.6 is 0 Å². The maximum Gasteiger partial charge on any atom is 0.192 e. The summed E-state index contributed by atoms with van der Waals surface area (Å²) in [7, 11) is -5.43. The summed E-state index contributed by atoms with van der Waals surface area (Å²) in [6.45, 7) is 19.8. The van der Waals surface area contributed by atoms with Crippen LogP contribution in [0.5, 0.6) is 0 Å². The summed E-state index contributed by atoms with van der Waals surface area (Å²) < 4.78 is 33.9. The second-order valence-corrected chi connectivity index (χ2v) is 23.1. The van der Waals surface area contributed by atoms with E-state index < -0.39 is 35.1 Å². The normalized spacial score (nSPS) is 36.6. The molecule has 1 aliphatic heterocycles. The van der Waals surface area contributed by atoms with Crippen LogP contribution < -0.4 is 0 Å². The molecule has 0 amide bonds. The van der Waals surface area contributed by atoms with Crippen molar-refractivity contribution in [3.8, 4) is 0 Å². The SMILES string of the molecule is C[C@H](CCCC(C)(C)O)[C@H]1CC[C@H]2/C(=C/[C@@H]3C4=C(CS3(=O)=O)[C@@H](O)C[C@H](O[Si](C)(C)C(C)(C)C)C4)CCC[C@]12C. The van der Waals surface area contributed by atoms with Gasteiger partial charge in [0.05, 0.1) is 23.6 Å². The Morgan fingerprint density at radius 1 is 1.15 bits per heavy atom. The molecule has 2 saturated carbocycles. The van der Waals surface area contributed by atoms with Crippen molar-refractivity contribution in [2.75, 3.05) is 5.75 Å². The summed E-state index contributed by atoms with van der Waals surface area (Å²) in [6.07, 6.45) is 11.1.